The first-order valence-electron chi connectivity index (χ1n) is 6.85. The average Bonchev–Trinajstić information content (AvgIpc) is 2.99. The number of ether oxygens (including phenoxy) is 2. The Balaban J connectivity index is 1.78. The molecule has 1 N–H and O–H groups in total. The second kappa shape index (κ2) is 5.98. The molecular weight excluding hydrogens is 286 g/mol. The standard InChI is InChI=1S/C15H15N3O4/c1-10(11-2-4-16-5-3-11)17-8-12-6-14-15(22-9-21-14)7-13(12)18(19)20/h2-7,10,17H,8-9H2,1H3/t10-/m1/s1. The van der Waals surface area contributed by atoms with E-state index >= 15 is 0 Å². The van der Waals surface area contributed by atoms with Crippen molar-refractivity contribution in [1.29, 1.82) is 0 Å². The second-order valence-corrected chi connectivity index (χ2v) is 4.97. The number of nitrogens with one attached hydrogen (secondary N) is 1. The van der Waals surface area contributed by atoms with Gasteiger partial charge < -0.3 is 14.8 Å². The maximum absolute atomic E-state index is 11.2. The van der Waals surface area contributed by atoms with Gasteiger partial charge in [-0.25, -0.2) is 0 Å². The van der Waals surface area contributed by atoms with E-state index in [1.165, 1.54) is 6.07 Å². The molecule has 0 radical (unpaired) electrons. The molecule has 1 aromatic carbocycles. The fourth-order valence-electron chi connectivity index (χ4n) is 2.32. The predicted octanol–water partition coefficient (Wildman–Crippen LogP) is 2.57. The van der Waals surface area contributed by atoms with E-state index in [0.29, 0.717) is 23.6 Å². The molecule has 2 aromatic rings. The van der Waals surface area contributed by atoms with Crippen molar-refractivity contribution >= 4 is 5.69 Å². The van der Waals surface area contributed by atoms with Crippen LogP contribution >= 0.6 is 0 Å². The molecular formula is C15H15N3O4. The summed E-state index contributed by atoms with van der Waals surface area (Å²) in [5.74, 6) is 0.955. The fraction of sp³-hybridized carbons (Fsp3) is 0.267. The van der Waals surface area contributed by atoms with E-state index in [-0.39, 0.29) is 18.5 Å². The smallest absolute Gasteiger partial charge is 0.277 e. The highest BCUT2D eigenvalue weighted by atomic mass is 16.7. The van der Waals surface area contributed by atoms with Crippen molar-refractivity contribution in [2.45, 2.75) is 19.5 Å². The molecule has 1 aromatic heterocycles. The first kappa shape index (κ1) is 14.3. The Morgan fingerprint density at radius 2 is 2.00 bits per heavy atom. The van der Waals surface area contributed by atoms with Crippen LogP contribution in [0.1, 0.15) is 24.1 Å². The van der Waals surface area contributed by atoms with Crippen LogP contribution in [0.15, 0.2) is 36.7 Å². The molecule has 2 heterocycles. The first-order valence-corrected chi connectivity index (χ1v) is 6.85. The number of benzene rings is 1. The largest absolute Gasteiger partial charge is 0.454 e. The van der Waals surface area contributed by atoms with E-state index < -0.39 is 4.92 Å². The van der Waals surface area contributed by atoms with Crippen molar-refractivity contribution in [3.63, 3.8) is 0 Å². The zero-order valence-corrected chi connectivity index (χ0v) is 12.0. The van der Waals surface area contributed by atoms with Gasteiger partial charge in [-0.15, -0.1) is 0 Å². The number of hydrogen-bond acceptors (Lipinski definition) is 6. The molecule has 0 fully saturated rings. The summed E-state index contributed by atoms with van der Waals surface area (Å²) in [6, 6.07) is 6.94. The van der Waals surface area contributed by atoms with Crippen molar-refractivity contribution in [1.82, 2.24) is 10.3 Å². The zero-order valence-electron chi connectivity index (χ0n) is 12.0. The molecule has 22 heavy (non-hydrogen) atoms. The van der Waals surface area contributed by atoms with Gasteiger partial charge in [-0.1, -0.05) is 0 Å². The molecule has 7 heteroatoms. The van der Waals surface area contributed by atoms with Crippen LogP contribution in [0.5, 0.6) is 11.5 Å². The minimum atomic E-state index is -0.407. The van der Waals surface area contributed by atoms with Gasteiger partial charge in [-0.3, -0.25) is 15.1 Å². The van der Waals surface area contributed by atoms with E-state index in [0.717, 1.165) is 5.56 Å². The summed E-state index contributed by atoms with van der Waals surface area (Å²) in [4.78, 5) is 14.8. The highest BCUT2D eigenvalue weighted by Gasteiger charge is 2.23. The van der Waals surface area contributed by atoms with E-state index in [1.807, 2.05) is 19.1 Å². The Bertz CT molecular complexity index is 691. The van der Waals surface area contributed by atoms with E-state index in [2.05, 4.69) is 10.3 Å². The number of fused-ring (bicyclic) bond motifs is 1. The van der Waals surface area contributed by atoms with Crippen LogP contribution in [0.2, 0.25) is 0 Å². The van der Waals surface area contributed by atoms with Gasteiger partial charge in [0.15, 0.2) is 11.5 Å². The van der Waals surface area contributed by atoms with Crippen LogP contribution in [-0.2, 0) is 6.54 Å². The molecule has 0 aliphatic carbocycles. The van der Waals surface area contributed by atoms with Gasteiger partial charge in [0.05, 0.1) is 11.0 Å². The fourth-order valence-corrected chi connectivity index (χ4v) is 2.32. The Morgan fingerprint density at radius 1 is 1.32 bits per heavy atom. The Kier molecular flexibility index (Phi) is 3.88. The van der Waals surface area contributed by atoms with Gasteiger partial charge in [-0.2, -0.15) is 0 Å². The summed E-state index contributed by atoms with van der Waals surface area (Å²) in [6.07, 6.45) is 3.44. The van der Waals surface area contributed by atoms with Gasteiger partial charge in [0, 0.05) is 30.5 Å². The van der Waals surface area contributed by atoms with Gasteiger partial charge in [0.1, 0.15) is 0 Å². The zero-order chi connectivity index (χ0) is 15.5. The summed E-state index contributed by atoms with van der Waals surface area (Å²) in [5.41, 5.74) is 1.66. The third-order valence-electron chi connectivity index (χ3n) is 3.58. The normalized spacial score (nSPS) is 13.9. The number of nitro benzene ring substituents is 1. The maximum atomic E-state index is 11.2. The summed E-state index contributed by atoms with van der Waals surface area (Å²) < 4.78 is 10.5. The quantitative estimate of drug-likeness (QED) is 0.674. The van der Waals surface area contributed by atoms with Crippen LogP contribution in [-0.4, -0.2) is 16.7 Å². The number of aromatic nitrogens is 1. The van der Waals surface area contributed by atoms with Crippen LogP contribution in [0.25, 0.3) is 0 Å². The molecule has 114 valence electrons. The lowest BCUT2D eigenvalue weighted by atomic mass is 10.1. The minimum absolute atomic E-state index is 0.0266. The SMILES string of the molecule is C[C@@H](NCc1cc2c(cc1[N+](=O)[O-])OCO2)c1ccncc1. The maximum Gasteiger partial charge on any atom is 0.277 e. The molecule has 0 bridgehead atoms. The molecule has 3 rings (SSSR count). The third-order valence-corrected chi connectivity index (χ3v) is 3.58. The van der Waals surface area contributed by atoms with Crippen molar-refractivity contribution in [3.05, 3.63) is 57.9 Å². The molecule has 0 spiro atoms. The van der Waals surface area contributed by atoms with Gasteiger partial charge in [0.2, 0.25) is 6.79 Å². The summed E-state index contributed by atoms with van der Waals surface area (Å²) >= 11 is 0. The van der Waals surface area contributed by atoms with Gasteiger partial charge in [0.25, 0.3) is 5.69 Å². The number of hydrogen-bond donors (Lipinski definition) is 1. The van der Waals surface area contributed by atoms with Crippen LogP contribution < -0.4 is 14.8 Å². The molecule has 7 nitrogen and oxygen atoms in total. The lowest BCUT2D eigenvalue weighted by molar-refractivity contribution is -0.385. The number of nitrogens with zero attached hydrogens (tertiary/aromatic N) is 2. The third kappa shape index (κ3) is 2.84. The number of rotatable bonds is 5. The Hall–Kier alpha value is -2.67. The number of pyridine rings is 1. The second-order valence-electron chi connectivity index (χ2n) is 4.97. The summed E-state index contributed by atoms with van der Waals surface area (Å²) in [6.45, 7) is 2.45. The summed E-state index contributed by atoms with van der Waals surface area (Å²) in [7, 11) is 0. The summed E-state index contributed by atoms with van der Waals surface area (Å²) in [5, 5.41) is 14.5. The predicted molar refractivity (Wildman–Crippen MR) is 78.7 cm³/mol. The van der Waals surface area contributed by atoms with Crippen molar-refractivity contribution in [2.75, 3.05) is 6.79 Å². The Morgan fingerprint density at radius 3 is 2.68 bits per heavy atom. The van der Waals surface area contributed by atoms with Crippen molar-refractivity contribution in [2.24, 2.45) is 0 Å². The average molecular weight is 301 g/mol. The first-order chi connectivity index (χ1) is 10.6. The van der Waals surface area contributed by atoms with E-state index in [1.54, 1.807) is 18.5 Å². The van der Waals surface area contributed by atoms with Crippen LogP contribution in [0.4, 0.5) is 5.69 Å². The lowest BCUT2D eigenvalue weighted by Gasteiger charge is -2.14. The van der Waals surface area contributed by atoms with Crippen LogP contribution in [0.3, 0.4) is 0 Å². The van der Waals surface area contributed by atoms with E-state index in [9.17, 15) is 10.1 Å². The van der Waals surface area contributed by atoms with Crippen molar-refractivity contribution in [3.8, 4) is 11.5 Å². The van der Waals surface area contributed by atoms with Crippen molar-refractivity contribution < 1.29 is 14.4 Å². The monoisotopic (exact) mass is 301 g/mol. The topological polar surface area (TPSA) is 86.5 Å². The highest BCUT2D eigenvalue weighted by molar-refractivity contribution is 5.55. The molecule has 0 saturated carbocycles. The van der Waals surface area contributed by atoms with Gasteiger partial charge in [-0.05, 0) is 30.7 Å². The molecule has 1 aliphatic rings. The lowest BCUT2D eigenvalue weighted by Crippen LogP contribution is -2.18. The minimum Gasteiger partial charge on any atom is -0.454 e. The molecule has 1 atom stereocenters. The highest BCUT2D eigenvalue weighted by Crippen LogP contribution is 2.38. The van der Waals surface area contributed by atoms with E-state index in [4.69, 9.17) is 9.47 Å². The van der Waals surface area contributed by atoms with Crippen LogP contribution in [0, 0.1) is 10.1 Å². The Labute approximate surface area is 127 Å². The number of nitro groups is 1. The van der Waals surface area contributed by atoms with Gasteiger partial charge >= 0.3 is 0 Å². The molecule has 0 saturated heterocycles. The molecule has 1 aliphatic heterocycles. The molecule has 0 amide bonds. The molecule has 0 unspecified atom stereocenters.